The third kappa shape index (κ3) is 3.74. The van der Waals surface area contributed by atoms with Crippen LogP contribution in [0.1, 0.15) is 47.0 Å². The predicted octanol–water partition coefficient (Wildman–Crippen LogP) is 2.73. The fourth-order valence-electron chi connectivity index (χ4n) is 2.96. The van der Waals surface area contributed by atoms with E-state index in [1.165, 1.54) is 32.4 Å². The lowest BCUT2D eigenvalue weighted by Gasteiger charge is -2.41. The van der Waals surface area contributed by atoms with Crippen LogP contribution in [0.2, 0.25) is 0 Å². The summed E-state index contributed by atoms with van der Waals surface area (Å²) in [5.74, 6) is 2.44. The van der Waals surface area contributed by atoms with Gasteiger partial charge in [0, 0.05) is 12.6 Å². The molecule has 0 radical (unpaired) electrons. The molecule has 0 aliphatic carbocycles. The number of hydrogen-bond donors (Lipinski definition) is 1. The molecule has 2 heteroatoms. The average Bonchev–Trinajstić information content (AvgIpc) is 2.26. The SMILES string of the molecule is CCC(CN)CCN1CC(C)CC(C)C1C. The Kier molecular flexibility index (Phi) is 5.77. The van der Waals surface area contributed by atoms with Crippen molar-refractivity contribution >= 4 is 0 Å². The van der Waals surface area contributed by atoms with Crippen molar-refractivity contribution < 1.29 is 0 Å². The minimum atomic E-state index is 0.722. The van der Waals surface area contributed by atoms with Gasteiger partial charge in [0.25, 0.3) is 0 Å². The lowest BCUT2D eigenvalue weighted by atomic mass is 9.85. The van der Waals surface area contributed by atoms with Gasteiger partial charge in [0.15, 0.2) is 0 Å². The second-order valence-corrected chi connectivity index (χ2v) is 5.85. The third-order valence-electron chi connectivity index (χ3n) is 4.46. The summed E-state index contributed by atoms with van der Waals surface area (Å²) in [5, 5.41) is 0. The smallest absolute Gasteiger partial charge is 0.00927 e. The molecule has 0 saturated carbocycles. The maximum Gasteiger partial charge on any atom is 0.00927 e. The minimum Gasteiger partial charge on any atom is -0.330 e. The Morgan fingerprint density at radius 1 is 1.31 bits per heavy atom. The van der Waals surface area contributed by atoms with Crippen LogP contribution in [0, 0.1) is 17.8 Å². The molecule has 1 fully saturated rings. The molecule has 1 saturated heterocycles. The van der Waals surface area contributed by atoms with Crippen LogP contribution < -0.4 is 5.73 Å². The molecular weight excluding hydrogens is 196 g/mol. The maximum absolute atomic E-state index is 5.77. The minimum absolute atomic E-state index is 0.722. The molecule has 0 spiro atoms. The molecule has 1 rings (SSSR count). The van der Waals surface area contributed by atoms with Crippen molar-refractivity contribution in [2.45, 2.75) is 53.0 Å². The van der Waals surface area contributed by atoms with E-state index in [1.807, 2.05) is 0 Å². The number of nitrogens with zero attached hydrogens (tertiary/aromatic N) is 1. The van der Waals surface area contributed by atoms with Gasteiger partial charge < -0.3 is 10.6 Å². The quantitative estimate of drug-likeness (QED) is 0.781. The zero-order valence-electron chi connectivity index (χ0n) is 11.6. The highest BCUT2D eigenvalue weighted by Crippen LogP contribution is 2.27. The van der Waals surface area contributed by atoms with Crippen molar-refractivity contribution in [3.8, 4) is 0 Å². The molecule has 2 N–H and O–H groups in total. The summed E-state index contributed by atoms with van der Waals surface area (Å²) in [6.07, 6.45) is 3.90. The highest BCUT2D eigenvalue weighted by molar-refractivity contribution is 4.82. The zero-order chi connectivity index (χ0) is 12.1. The van der Waals surface area contributed by atoms with Crippen molar-refractivity contribution in [2.24, 2.45) is 23.5 Å². The van der Waals surface area contributed by atoms with Crippen LogP contribution in [0.25, 0.3) is 0 Å². The molecule has 16 heavy (non-hydrogen) atoms. The van der Waals surface area contributed by atoms with Gasteiger partial charge in [-0.15, -0.1) is 0 Å². The van der Waals surface area contributed by atoms with Crippen LogP contribution in [0.3, 0.4) is 0 Å². The number of likely N-dealkylation sites (tertiary alicyclic amines) is 1. The fourth-order valence-corrected chi connectivity index (χ4v) is 2.96. The van der Waals surface area contributed by atoms with Gasteiger partial charge in [-0.1, -0.05) is 27.2 Å². The molecule has 0 aromatic carbocycles. The molecule has 2 nitrogen and oxygen atoms in total. The van der Waals surface area contributed by atoms with Crippen molar-refractivity contribution in [3.63, 3.8) is 0 Å². The molecule has 0 bridgehead atoms. The molecule has 4 unspecified atom stereocenters. The first-order valence-corrected chi connectivity index (χ1v) is 7.02. The van der Waals surface area contributed by atoms with Crippen LogP contribution in [-0.4, -0.2) is 30.6 Å². The van der Waals surface area contributed by atoms with E-state index >= 15 is 0 Å². The molecule has 1 aliphatic heterocycles. The van der Waals surface area contributed by atoms with E-state index in [0.29, 0.717) is 0 Å². The van der Waals surface area contributed by atoms with Gasteiger partial charge >= 0.3 is 0 Å². The first kappa shape index (κ1) is 14.0. The lowest BCUT2D eigenvalue weighted by Crippen LogP contribution is -2.46. The first-order chi connectivity index (χ1) is 7.58. The predicted molar refractivity (Wildman–Crippen MR) is 71.4 cm³/mol. The summed E-state index contributed by atoms with van der Waals surface area (Å²) in [6, 6.07) is 0.756. The number of piperidine rings is 1. The summed E-state index contributed by atoms with van der Waals surface area (Å²) < 4.78 is 0. The van der Waals surface area contributed by atoms with Crippen LogP contribution in [0.5, 0.6) is 0 Å². The van der Waals surface area contributed by atoms with E-state index in [2.05, 4.69) is 32.6 Å². The number of rotatable bonds is 5. The molecule has 1 aliphatic rings. The molecule has 0 aromatic heterocycles. The van der Waals surface area contributed by atoms with Gasteiger partial charge in [0.2, 0.25) is 0 Å². The molecular formula is C14H30N2. The Bertz CT molecular complexity index is 189. The summed E-state index contributed by atoms with van der Waals surface area (Å²) >= 11 is 0. The zero-order valence-corrected chi connectivity index (χ0v) is 11.6. The van der Waals surface area contributed by atoms with E-state index in [1.54, 1.807) is 0 Å². The standard InChI is InChI=1S/C14H30N2/c1-5-14(9-15)6-7-16-10-11(2)8-12(3)13(16)4/h11-14H,5-10,15H2,1-4H3. The molecule has 0 aromatic rings. The second kappa shape index (κ2) is 6.61. The average molecular weight is 226 g/mol. The van der Waals surface area contributed by atoms with Gasteiger partial charge in [0.05, 0.1) is 0 Å². The Balaban J connectivity index is 2.39. The van der Waals surface area contributed by atoms with Crippen molar-refractivity contribution in [2.75, 3.05) is 19.6 Å². The van der Waals surface area contributed by atoms with Gasteiger partial charge in [0.1, 0.15) is 0 Å². The molecule has 0 amide bonds. The van der Waals surface area contributed by atoms with Crippen molar-refractivity contribution in [1.29, 1.82) is 0 Å². The van der Waals surface area contributed by atoms with E-state index in [-0.39, 0.29) is 0 Å². The second-order valence-electron chi connectivity index (χ2n) is 5.85. The third-order valence-corrected chi connectivity index (χ3v) is 4.46. The Labute approximate surface area is 102 Å². The fraction of sp³-hybridized carbons (Fsp3) is 1.00. The van der Waals surface area contributed by atoms with Crippen LogP contribution in [0.15, 0.2) is 0 Å². The summed E-state index contributed by atoms with van der Waals surface area (Å²) in [4.78, 5) is 2.68. The molecule has 96 valence electrons. The summed E-state index contributed by atoms with van der Waals surface area (Å²) in [7, 11) is 0. The van der Waals surface area contributed by atoms with Crippen LogP contribution in [0.4, 0.5) is 0 Å². The summed E-state index contributed by atoms with van der Waals surface area (Å²) in [6.45, 7) is 12.8. The van der Waals surface area contributed by atoms with E-state index < -0.39 is 0 Å². The number of nitrogens with two attached hydrogens (primary N) is 1. The first-order valence-electron chi connectivity index (χ1n) is 7.02. The number of hydrogen-bond acceptors (Lipinski definition) is 2. The van der Waals surface area contributed by atoms with Crippen LogP contribution >= 0.6 is 0 Å². The van der Waals surface area contributed by atoms with Crippen molar-refractivity contribution in [3.05, 3.63) is 0 Å². The van der Waals surface area contributed by atoms with Gasteiger partial charge in [-0.2, -0.15) is 0 Å². The largest absolute Gasteiger partial charge is 0.330 e. The Morgan fingerprint density at radius 3 is 2.56 bits per heavy atom. The van der Waals surface area contributed by atoms with Gasteiger partial charge in [-0.05, 0) is 50.6 Å². The van der Waals surface area contributed by atoms with Gasteiger partial charge in [-0.25, -0.2) is 0 Å². The highest BCUT2D eigenvalue weighted by atomic mass is 15.2. The monoisotopic (exact) mass is 226 g/mol. The van der Waals surface area contributed by atoms with E-state index in [0.717, 1.165) is 30.3 Å². The Morgan fingerprint density at radius 2 is 2.00 bits per heavy atom. The topological polar surface area (TPSA) is 29.3 Å². The van der Waals surface area contributed by atoms with E-state index in [9.17, 15) is 0 Å². The molecule has 1 heterocycles. The normalized spacial score (nSPS) is 33.9. The highest BCUT2D eigenvalue weighted by Gasteiger charge is 2.28. The van der Waals surface area contributed by atoms with Gasteiger partial charge in [-0.3, -0.25) is 0 Å². The maximum atomic E-state index is 5.77. The lowest BCUT2D eigenvalue weighted by molar-refractivity contribution is 0.0743. The van der Waals surface area contributed by atoms with E-state index in [4.69, 9.17) is 5.73 Å². The van der Waals surface area contributed by atoms with Crippen molar-refractivity contribution in [1.82, 2.24) is 4.90 Å². The van der Waals surface area contributed by atoms with Crippen LogP contribution in [-0.2, 0) is 0 Å². The summed E-state index contributed by atoms with van der Waals surface area (Å²) in [5.41, 5.74) is 5.77. The molecule has 4 atom stereocenters. The Hall–Kier alpha value is -0.0800.